The Morgan fingerprint density at radius 2 is 1.69 bits per heavy atom. The summed E-state index contributed by atoms with van der Waals surface area (Å²) < 4.78 is 16.7. The van der Waals surface area contributed by atoms with E-state index in [1.807, 2.05) is 6.92 Å². The molecule has 0 saturated carbocycles. The van der Waals surface area contributed by atoms with Crippen molar-refractivity contribution in [1.82, 2.24) is 0 Å². The molecule has 2 rings (SSSR count). The van der Waals surface area contributed by atoms with E-state index in [2.05, 4.69) is 0 Å². The van der Waals surface area contributed by atoms with Crippen LogP contribution < -0.4 is 0 Å². The van der Waals surface area contributed by atoms with E-state index in [1.165, 1.54) is 6.08 Å². The molecule has 0 aromatic heterocycles. The molecule has 2 fully saturated rings. The summed E-state index contributed by atoms with van der Waals surface area (Å²) in [5.41, 5.74) is 0.708. The molecule has 2 saturated heterocycles. The van der Waals surface area contributed by atoms with Crippen molar-refractivity contribution in [2.75, 3.05) is 13.2 Å². The van der Waals surface area contributed by atoms with E-state index in [9.17, 15) is 24.9 Å². The number of carbonyl (C=O) groups excluding carboxylic acids is 1. The number of hydrogen-bond acceptors (Lipinski definition) is 8. The third-order valence-corrected chi connectivity index (χ3v) is 7.09. The molecule has 0 spiro atoms. The van der Waals surface area contributed by atoms with E-state index in [0.29, 0.717) is 38.0 Å². The summed E-state index contributed by atoms with van der Waals surface area (Å²) in [6.45, 7) is 6.07. The highest BCUT2D eigenvalue weighted by Gasteiger charge is 2.48. The van der Waals surface area contributed by atoms with Crippen molar-refractivity contribution in [3.05, 3.63) is 11.6 Å². The van der Waals surface area contributed by atoms with Gasteiger partial charge in [0, 0.05) is 24.3 Å². The van der Waals surface area contributed by atoms with Gasteiger partial charge in [-0.1, -0.05) is 38.2 Å². The largest absolute Gasteiger partial charge is 0.481 e. The first kappa shape index (κ1) is 29.7. The van der Waals surface area contributed by atoms with Crippen LogP contribution in [0.4, 0.5) is 0 Å². The van der Waals surface area contributed by atoms with E-state index in [1.54, 1.807) is 13.8 Å². The van der Waals surface area contributed by atoms with Gasteiger partial charge >= 0.3 is 11.9 Å². The molecule has 0 aliphatic carbocycles. The second-order valence-corrected chi connectivity index (χ2v) is 10.2. The van der Waals surface area contributed by atoms with Crippen LogP contribution in [0.3, 0.4) is 0 Å². The van der Waals surface area contributed by atoms with Gasteiger partial charge in [-0.05, 0) is 39.5 Å². The highest BCUT2D eigenvalue weighted by atomic mass is 16.6. The van der Waals surface area contributed by atoms with Crippen LogP contribution in [0.25, 0.3) is 0 Å². The zero-order valence-corrected chi connectivity index (χ0v) is 21.3. The number of unbranched alkanes of at least 4 members (excludes halogenated alkanes) is 5. The Morgan fingerprint density at radius 1 is 1.03 bits per heavy atom. The van der Waals surface area contributed by atoms with Crippen LogP contribution in [0.2, 0.25) is 0 Å². The molecule has 2 heterocycles. The number of aliphatic hydroxyl groups is 3. The average Bonchev–Trinajstić information content (AvgIpc) is 3.55. The van der Waals surface area contributed by atoms with Crippen molar-refractivity contribution in [3.63, 3.8) is 0 Å². The fourth-order valence-corrected chi connectivity index (χ4v) is 4.59. The Bertz CT molecular complexity index is 692. The minimum atomic E-state index is -1.06. The molecular formula is C26H44O9. The van der Waals surface area contributed by atoms with Crippen LogP contribution in [0.1, 0.15) is 78.6 Å². The molecule has 0 amide bonds. The van der Waals surface area contributed by atoms with Gasteiger partial charge in [-0.3, -0.25) is 4.79 Å². The minimum Gasteiger partial charge on any atom is -0.481 e. The lowest BCUT2D eigenvalue weighted by Gasteiger charge is -2.38. The standard InChI is InChI=1S/C26H44O9/c1-16(13-23(30)33-11-9-7-5-4-6-8-10-22(28)29)12-20-25(32)24(31)19(15-34-20)14-21-26(35-21)17(2)18(3)27/h13,17-21,24-27,31-32H,4-12,14-15H2,1-3H3,(H,28,29)/b16-13+/t17-,18-,19-,20-,21-,24+,25+,26-/m0/s1. The molecule has 4 N–H and O–H groups in total. The van der Waals surface area contributed by atoms with Gasteiger partial charge in [-0.15, -0.1) is 0 Å². The zero-order valence-electron chi connectivity index (χ0n) is 21.3. The Hall–Kier alpha value is -1.52. The maximum absolute atomic E-state index is 12.1. The fraction of sp³-hybridized carbons (Fsp3) is 0.846. The van der Waals surface area contributed by atoms with Crippen LogP contribution in [0.15, 0.2) is 11.6 Å². The Labute approximate surface area is 208 Å². The summed E-state index contributed by atoms with van der Waals surface area (Å²) in [7, 11) is 0. The van der Waals surface area contributed by atoms with E-state index in [0.717, 1.165) is 32.1 Å². The topological polar surface area (TPSA) is 146 Å². The van der Waals surface area contributed by atoms with Gasteiger partial charge in [0.05, 0.1) is 43.7 Å². The average molecular weight is 501 g/mol. The lowest BCUT2D eigenvalue weighted by atomic mass is 9.85. The molecule has 2 aliphatic rings. The molecule has 9 nitrogen and oxygen atoms in total. The summed E-state index contributed by atoms with van der Waals surface area (Å²) in [6, 6.07) is 0. The molecule has 202 valence electrons. The van der Waals surface area contributed by atoms with Crippen LogP contribution in [0, 0.1) is 11.8 Å². The Kier molecular flexibility index (Phi) is 12.6. The monoisotopic (exact) mass is 500 g/mol. The number of aliphatic carboxylic acids is 1. The molecule has 2 aliphatic heterocycles. The summed E-state index contributed by atoms with van der Waals surface area (Å²) in [4.78, 5) is 22.5. The minimum absolute atomic E-state index is 0.0160. The second kappa shape index (κ2) is 14.9. The first-order chi connectivity index (χ1) is 16.6. The number of epoxide rings is 1. The van der Waals surface area contributed by atoms with Crippen LogP contribution in [-0.4, -0.2) is 82.2 Å². The van der Waals surface area contributed by atoms with E-state index >= 15 is 0 Å². The molecule has 0 aromatic rings. The van der Waals surface area contributed by atoms with Crippen molar-refractivity contribution in [2.24, 2.45) is 11.8 Å². The summed E-state index contributed by atoms with van der Waals surface area (Å²) in [5.74, 6) is -1.42. The lowest BCUT2D eigenvalue weighted by molar-refractivity contribution is -0.165. The number of esters is 1. The molecule has 0 unspecified atom stereocenters. The first-order valence-corrected chi connectivity index (χ1v) is 13.0. The maximum atomic E-state index is 12.1. The number of rotatable bonds is 16. The van der Waals surface area contributed by atoms with Crippen molar-refractivity contribution in [3.8, 4) is 0 Å². The van der Waals surface area contributed by atoms with E-state index in [4.69, 9.17) is 19.3 Å². The molecule has 8 atom stereocenters. The second-order valence-electron chi connectivity index (χ2n) is 10.2. The summed E-state index contributed by atoms with van der Waals surface area (Å²) in [5, 5.41) is 39.5. The van der Waals surface area contributed by atoms with Crippen molar-refractivity contribution >= 4 is 11.9 Å². The molecule has 0 aromatic carbocycles. The molecular weight excluding hydrogens is 456 g/mol. The predicted molar refractivity (Wildman–Crippen MR) is 129 cm³/mol. The highest BCUT2D eigenvalue weighted by Crippen LogP contribution is 2.38. The van der Waals surface area contributed by atoms with Gasteiger partial charge in [0.15, 0.2) is 0 Å². The number of carbonyl (C=O) groups is 2. The number of aliphatic hydroxyl groups excluding tert-OH is 3. The normalized spacial score (nSPS) is 30.5. The van der Waals surface area contributed by atoms with Gasteiger partial charge < -0.3 is 34.6 Å². The van der Waals surface area contributed by atoms with Gasteiger partial charge in [0.25, 0.3) is 0 Å². The van der Waals surface area contributed by atoms with Crippen molar-refractivity contribution in [1.29, 1.82) is 0 Å². The van der Waals surface area contributed by atoms with E-state index in [-0.39, 0.29) is 30.5 Å². The molecule has 0 radical (unpaired) electrons. The third-order valence-electron chi connectivity index (χ3n) is 7.09. The summed E-state index contributed by atoms with van der Waals surface area (Å²) in [6.07, 6.45) is 4.61. The third kappa shape index (κ3) is 10.6. The van der Waals surface area contributed by atoms with Crippen LogP contribution in [-0.2, 0) is 23.8 Å². The number of carboxylic acids is 1. The fourth-order valence-electron chi connectivity index (χ4n) is 4.59. The van der Waals surface area contributed by atoms with Crippen LogP contribution in [0.5, 0.6) is 0 Å². The van der Waals surface area contributed by atoms with Crippen molar-refractivity contribution in [2.45, 2.75) is 115 Å². The van der Waals surface area contributed by atoms with Gasteiger partial charge in [-0.2, -0.15) is 0 Å². The van der Waals surface area contributed by atoms with Gasteiger partial charge in [-0.25, -0.2) is 4.79 Å². The van der Waals surface area contributed by atoms with Gasteiger partial charge in [0.2, 0.25) is 0 Å². The first-order valence-electron chi connectivity index (χ1n) is 13.0. The number of carboxylic acid groups (broad SMARTS) is 1. The quantitative estimate of drug-likeness (QED) is 0.109. The zero-order chi connectivity index (χ0) is 26.0. The summed E-state index contributed by atoms with van der Waals surface area (Å²) >= 11 is 0. The van der Waals surface area contributed by atoms with Crippen LogP contribution >= 0.6 is 0 Å². The molecule has 35 heavy (non-hydrogen) atoms. The number of ether oxygens (including phenoxy) is 3. The number of hydrogen-bond donors (Lipinski definition) is 4. The predicted octanol–water partition coefficient (Wildman–Crippen LogP) is 2.59. The maximum Gasteiger partial charge on any atom is 0.330 e. The van der Waals surface area contributed by atoms with Gasteiger partial charge in [0.1, 0.15) is 6.10 Å². The Morgan fingerprint density at radius 3 is 2.34 bits per heavy atom. The Balaban J connectivity index is 1.62. The lowest BCUT2D eigenvalue weighted by Crippen LogP contribution is -2.50. The van der Waals surface area contributed by atoms with Crippen molar-refractivity contribution < 1.29 is 44.2 Å². The highest BCUT2D eigenvalue weighted by molar-refractivity contribution is 5.82. The SMILES string of the molecule is C/C(=C\C(=O)OCCCCCCCCC(=O)O)C[C@@H]1OC[C@H](C[C@@H]2O[C@H]2[C@@H](C)[C@H](C)O)[C@@H](O)[C@@H]1O. The smallest absolute Gasteiger partial charge is 0.330 e. The van der Waals surface area contributed by atoms with E-state index < -0.39 is 36.4 Å². The molecule has 0 bridgehead atoms. The molecule has 9 heteroatoms.